The van der Waals surface area contributed by atoms with Crippen molar-refractivity contribution < 1.29 is 4.42 Å². The molecule has 0 unspecified atom stereocenters. The predicted molar refractivity (Wildman–Crippen MR) is 261 cm³/mol. The molecule has 5 heterocycles. The summed E-state index contributed by atoms with van der Waals surface area (Å²) in [5, 5.41) is 9.07. The first-order chi connectivity index (χ1) is 31.7. The fourth-order valence-corrected chi connectivity index (χ4v) is 10.1. The molecule has 0 amide bonds. The van der Waals surface area contributed by atoms with E-state index in [2.05, 4.69) is 171 Å². The molecule has 0 fully saturated rings. The highest BCUT2D eigenvalue weighted by Gasteiger charge is 2.24. The van der Waals surface area contributed by atoms with Crippen LogP contribution in [0.5, 0.6) is 0 Å². The first kappa shape index (κ1) is 34.9. The highest BCUT2D eigenvalue weighted by atomic mass is 16.3. The van der Waals surface area contributed by atoms with Gasteiger partial charge in [0.15, 0.2) is 11.6 Å². The van der Waals surface area contributed by atoms with Gasteiger partial charge in [-0.05, 0) is 66.7 Å². The molecule has 64 heavy (non-hydrogen) atoms. The Balaban J connectivity index is 1.08. The lowest BCUT2D eigenvalue weighted by Gasteiger charge is -2.15. The number of hydrogen-bond acceptors (Lipinski definition) is 4. The molecule has 0 aliphatic carbocycles. The van der Waals surface area contributed by atoms with Crippen molar-refractivity contribution in [2.75, 3.05) is 0 Å². The van der Waals surface area contributed by atoms with Crippen molar-refractivity contribution in [1.82, 2.24) is 28.7 Å². The molecule has 0 radical (unpaired) electrons. The van der Waals surface area contributed by atoms with Gasteiger partial charge in [-0.15, -0.1) is 0 Å². The molecule has 0 saturated heterocycles. The topological polar surface area (TPSA) is 66.6 Å². The molecule has 5 aromatic heterocycles. The predicted octanol–water partition coefficient (Wildman–Crippen LogP) is 14.4. The lowest BCUT2D eigenvalue weighted by atomic mass is 10.1. The summed E-state index contributed by atoms with van der Waals surface area (Å²) in [6.45, 7) is 0. The number of nitrogens with zero attached hydrogens (tertiary/aromatic N) is 6. The van der Waals surface area contributed by atoms with E-state index >= 15 is 0 Å². The third kappa shape index (κ3) is 5.00. The summed E-state index contributed by atoms with van der Waals surface area (Å²) in [7, 11) is 0. The van der Waals surface area contributed by atoms with E-state index in [9.17, 15) is 0 Å². The number of fused-ring (bicyclic) bond motifs is 13. The molecule has 14 aromatic rings. The second-order valence-electron chi connectivity index (χ2n) is 16.4. The Labute approximate surface area is 365 Å². The van der Waals surface area contributed by atoms with Crippen LogP contribution in [0.4, 0.5) is 0 Å². The van der Waals surface area contributed by atoms with Crippen LogP contribution >= 0.6 is 0 Å². The zero-order chi connectivity index (χ0) is 41.9. The fraction of sp³-hybridized carbons (Fsp3) is 0. The van der Waals surface area contributed by atoms with E-state index in [1.54, 1.807) is 0 Å². The summed E-state index contributed by atoms with van der Waals surface area (Å²) < 4.78 is 13.3. The Kier molecular flexibility index (Phi) is 7.27. The van der Waals surface area contributed by atoms with Gasteiger partial charge in [-0.3, -0.25) is 4.57 Å². The van der Waals surface area contributed by atoms with Crippen LogP contribution in [0.15, 0.2) is 211 Å². The van der Waals surface area contributed by atoms with E-state index in [0.717, 1.165) is 82.7 Å². The lowest BCUT2D eigenvalue weighted by molar-refractivity contribution is 0.669. The van der Waals surface area contributed by atoms with Crippen LogP contribution in [0.1, 0.15) is 0 Å². The van der Waals surface area contributed by atoms with Gasteiger partial charge in [-0.2, -0.15) is 9.97 Å². The molecule has 14 rings (SSSR count). The lowest BCUT2D eigenvalue weighted by Crippen LogP contribution is -2.07. The molecule has 7 heteroatoms. The van der Waals surface area contributed by atoms with Crippen LogP contribution < -0.4 is 0 Å². The van der Waals surface area contributed by atoms with E-state index < -0.39 is 0 Å². The zero-order valence-electron chi connectivity index (χ0n) is 34.2. The van der Waals surface area contributed by atoms with Gasteiger partial charge in [-0.1, -0.05) is 140 Å². The van der Waals surface area contributed by atoms with E-state index in [0.29, 0.717) is 17.6 Å². The summed E-state index contributed by atoms with van der Waals surface area (Å²) in [6, 6.07) is 72.7. The Morgan fingerprint density at radius 1 is 0.297 bits per heavy atom. The molecule has 298 valence electrons. The van der Waals surface area contributed by atoms with Crippen molar-refractivity contribution >= 4 is 87.4 Å². The number of aromatic nitrogens is 6. The third-order valence-electron chi connectivity index (χ3n) is 12.9. The number of rotatable bonds is 5. The maximum atomic E-state index is 6.23. The summed E-state index contributed by atoms with van der Waals surface area (Å²) in [4.78, 5) is 15.9. The standard InChI is InChI=1S/C57H34N6O/c1-2-15-35(16-3-1)55-58-56(36-29-32-52-46(33-36)43-23-8-13-28-51(43)64-52)60-57(59-55)63-50-27-12-7-22-42(50)45-31-30-44-41-21-6-11-26-49(41)62(53(44)54(45)63)38-18-14-17-37(34-38)61-47-24-9-4-19-39(47)40-20-5-10-25-48(40)61/h1-34H. The fourth-order valence-electron chi connectivity index (χ4n) is 10.1. The van der Waals surface area contributed by atoms with Crippen molar-refractivity contribution in [2.24, 2.45) is 0 Å². The average molecular weight is 819 g/mol. The molecular formula is C57H34N6O. The minimum Gasteiger partial charge on any atom is -0.456 e. The molecule has 0 atom stereocenters. The van der Waals surface area contributed by atoms with Crippen molar-refractivity contribution in [2.45, 2.75) is 0 Å². The number of furan rings is 1. The van der Waals surface area contributed by atoms with Crippen LogP contribution in [-0.4, -0.2) is 28.7 Å². The quantitative estimate of drug-likeness (QED) is 0.173. The van der Waals surface area contributed by atoms with Gasteiger partial charge >= 0.3 is 0 Å². The van der Waals surface area contributed by atoms with Gasteiger partial charge < -0.3 is 13.6 Å². The normalized spacial score (nSPS) is 12.1. The molecule has 0 bridgehead atoms. The van der Waals surface area contributed by atoms with Gasteiger partial charge in [0, 0.05) is 65.6 Å². The Morgan fingerprint density at radius 2 is 0.781 bits per heavy atom. The molecule has 0 spiro atoms. The monoisotopic (exact) mass is 818 g/mol. The smallest absolute Gasteiger partial charge is 0.238 e. The number of hydrogen-bond donors (Lipinski definition) is 0. The van der Waals surface area contributed by atoms with Crippen molar-refractivity contribution in [3.05, 3.63) is 206 Å². The molecule has 9 aromatic carbocycles. The molecule has 0 aliphatic rings. The highest BCUT2D eigenvalue weighted by molar-refractivity contribution is 6.24. The highest BCUT2D eigenvalue weighted by Crippen LogP contribution is 2.42. The van der Waals surface area contributed by atoms with Crippen LogP contribution in [0, 0.1) is 0 Å². The maximum Gasteiger partial charge on any atom is 0.238 e. The Bertz CT molecular complexity index is 4160. The van der Waals surface area contributed by atoms with Crippen LogP contribution in [0.25, 0.3) is 127 Å². The zero-order valence-corrected chi connectivity index (χ0v) is 34.2. The van der Waals surface area contributed by atoms with Crippen LogP contribution in [0.3, 0.4) is 0 Å². The largest absolute Gasteiger partial charge is 0.456 e. The van der Waals surface area contributed by atoms with Gasteiger partial charge in [0.05, 0.1) is 33.1 Å². The maximum absolute atomic E-state index is 6.23. The van der Waals surface area contributed by atoms with Crippen LogP contribution in [-0.2, 0) is 0 Å². The van der Waals surface area contributed by atoms with E-state index in [1.165, 1.54) is 27.2 Å². The first-order valence-corrected chi connectivity index (χ1v) is 21.5. The second kappa shape index (κ2) is 13.3. The Morgan fingerprint density at radius 3 is 1.44 bits per heavy atom. The average Bonchev–Trinajstić information content (AvgIpc) is 4.10. The van der Waals surface area contributed by atoms with Gasteiger partial charge in [0.1, 0.15) is 11.2 Å². The minimum absolute atomic E-state index is 0.538. The van der Waals surface area contributed by atoms with Crippen molar-refractivity contribution in [1.29, 1.82) is 0 Å². The SMILES string of the molecule is c1ccc(-c2nc(-c3ccc4oc5ccccc5c4c3)nc(-n3c4ccccc4c4ccc5c6ccccc6n(-c6cccc(-n7c8ccccc8c8ccccc87)c6)c5c43)n2)cc1. The van der Waals surface area contributed by atoms with Crippen molar-refractivity contribution in [3.63, 3.8) is 0 Å². The minimum atomic E-state index is 0.538. The van der Waals surface area contributed by atoms with Gasteiger partial charge in [0.2, 0.25) is 5.95 Å². The number of benzene rings is 9. The molecule has 7 nitrogen and oxygen atoms in total. The van der Waals surface area contributed by atoms with E-state index in [4.69, 9.17) is 19.4 Å². The summed E-state index contributed by atoms with van der Waals surface area (Å²) >= 11 is 0. The number of para-hydroxylation sites is 5. The van der Waals surface area contributed by atoms with Gasteiger partial charge in [-0.25, -0.2) is 4.98 Å². The Hall–Kier alpha value is -8.81. The second-order valence-corrected chi connectivity index (χ2v) is 16.4. The van der Waals surface area contributed by atoms with E-state index in [1.807, 2.05) is 48.5 Å². The summed E-state index contributed by atoms with van der Waals surface area (Å²) in [5.74, 6) is 1.71. The molecular weight excluding hydrogens is 785 g/mol. The van der Waals surface area contributed by atoms with Gasteiger partial charge in [0.25, 0.3) is 0 Å². The van der Waals surface area contributed by atoms with Crippen LogP contribution in [0.2, 0.25) is 0 Å². The molecule has 0 aliphatic heterocycles. The molecule has 0 N–H and O–H groups in total. The summed E-state index contributed by atoms with van der Waals surface area (Å²) in [5.41, 5.74) is 12.2. The van der Waals surface area contributed by atoms with Crippen molar-refractivity contribution in [3.8, 4) is 40.1 Å². The molecule has 0 saturated carbocycles. The third-order valence-corrected chi connectivity index (χ3v) is 12.9. The summed E-state index contributed by atoms with van der Waals surface area (Å²) in [6.07, 6.45) is 0. The van der Waals surface area contributed by atoms with E-state index in [-0.39, 0.29) is 0 Å². The first-order valence-electron chi connectivity index (χ1n) is 21.5.